The van der Waals surface area contributed by atoms with Gasteiger partial charge in [-0.25, -0.2) is 4.99 Å². The van der Waals surface area contributed by atoms with Crippen LogP contribution in [-0.4, -0.2) is 19.6 Å². The molecule has 6 heteroatoms. The summed E-state index contributed by atoms with van der Waals surface area (Å²) in [6.07, 6.45) is 1.66. The van der Waals surface area contributed by atoms with Gasteiger partial charge >= 0.3 is 0 Å². The molecule has 0 radical (unpaired) electrons. The Morgan fingerprint density at radius 3 is 2.55 bits per heavy atom. The predicted octanol–water partition coefficient (Wildman–Crippen LogP) is 4.12. The van der Waals surface area contributed by atoms with E-state index in [9.17, 15) is 0 Å². The standard InChI is InChI=1S/C23H27N3O3/c1-3-24-23(26-16-20-10-7-13-28-20)25-15-19-11-12-21(22(14-19)27-2)29-17-18-8-5-4-6-9-18/h4-14H,3,15-17H2,1-2H3,(H2,24,25,26). The summed E-state index contributed by atoms with van der Waals surface area (Å²) in [7, 11) is 1.65. The maximum absolute atomic E-state index is 5.92. The normalized spacial score (nSPS) is 11.2. The second kappa shape index (κ2) is 10.8. The molecule has 152 valence electrons. The van der Waals surface area contributed by atoms with Gasteiger partial charge in [-0.05, 0) is 42.3 Å². The molecule has 0 aliphatic rings. The molecule has 1 heterocycles. The van der Waals surface area contributed by atoms with Crippen molar-refractivity contribution in [3.05, 3.63) is 83.8 Å². The summed E-state index contributed by atoms with van der Waals surface area (Å²) in [4.78, 5) is 4.64. The highest BCUT2D eigenvalue weighted by Gasteiger charge is 2.07. The third kappa shape index (κ3) is 6.31. The molecule has 3 aromatic rings. The fraction of sp³-hybridized carbons (Fsp3) is 0.261. The minimum absolute atomic E-state index is 0.496. The Morgan fingerprint density at radius 1 is 0.966 bits per heavy atom. The van der Waals surface area contributed by atoms with E-state index in [0.717, 1.165) is 29.4 Å². The summed E-state index contributed by atoms with van der Waals surface area (Å²) in [5, 5.41) is 6.50. The first kappa shape index (κ1) is 20.3. The van der Waals surface area contributed by atoms with E-state index >= 15 is 0 Å². The molecule has 6 nitrogen and oxygen atoms in total. The molecule has 3 rings (SSSR count). The lowest BCUT2D eigenvalue weighted by Crippen LogP contribution is -2.36. The largest absolute Gasteiger partial charge is 0.493 e. The second-order valence-corrected chi connectivity index (χ2v) is 6.39. The lowest BCUT2D eigenvalue weighted by Gasteiger charge is -2.13. The van der Waals surface area contributed by atoms with Gasteiger partial charge in [0, 0.05) is 6.54 Å². The van der Waals surface area contributed by atoms with Crippen LogP contribution in [-0.2, 0) is 19.7 Å². The van der Waals surface area contributed by atoms with Crippen molar-refractivity contribution in [3.8, 4) is 11.5 Å². The van der Waals surface area contributed by atoms with Gasteiger partial charge in [-0.1, -0.05) is 36.4 Å². The van der Waals surface area contributed by atoms with Crippen LogP contribution in [0.5, 0.6) is 11.5 Å². The Labute approximate surface area is 171 Å². The lowest BCUT2D eigenvalue weighted by atomic mass is 10.2. The van der Waals surface area contributed by atoms with Crippen molar-refractivity contribution < 1.29 is 13.9 Å². The average molecular weight is 393 g/mol. The van der Waals surface area contributed by atoms with E-state index in [1.54, 1.807) is 13.4 Å². The van der Waals surface area contributed by atoms with Crippen LogP contribution in [0.1, 0.15) is 23.8 Å². The Kier molecular flexibility index (Phi) is 7.57. The second-order valence-electron chi connectivity index (χ2n) is 6.39. The van der Waals surface area contributed by atoms with Crippen molar-refractivity contribution in [3.63, 3.8) is 0 Å². The topological polar surface area (TPSA) is 68.0 Å². The van der Waals surface area contributed by atoms with Crippen molar-refractivity contribution in [2.75, 3.05) is 13.7 Å². The fourth-order valence-electron chi connectivity index (χ4n) is 2.76. The first-order valence-corrected chi connectivity index (χ1v) is 9.66. The third-order valence-corrected chi connectivity index (χ3v) is 4.24. The monoisotopic (exact) mass is 393 g/mol. The van der Waals surface area contributed by atoms with Crippen LogP contribution in [0.15, 0.2) is 76.3 Å². The van der Waals surface area contributed by atoms with E-state index < -0.39 is 0 Å². The number of methoxy groups -OCH3 is 1. The Balaban J connectivity index is 1.62. The van der Waals surface area contributed by atoms with Gasteiger partial charge in [0.25, 0.3) is 0 Å². The number of guanidine groups is 1. The first-order chi connectivity index (χ1) is 14.3. The smallest absolute Gasteiger partial charge is 0.191 e. The summed E-state index contributed by atoms with van der Waals surface area (Å²) < 4.78 is 16.8. The molecule has 2 N–H and O–H groups in total. The van der Waals surface area contributed by atoms with Crippen molar-refractivity contribution >= 4 is 5.96 Å². The van der Waals surface area contributed by atoms with Gasteiger partial charge in [0.2, 0.25) is 0 Å². The molecular formula is C23H27N3O3. The number of nitrogens with one attached hydrogen (secondary N) is 2. The van der Waals surface area contributed by atoms with Crippen LogP contribution < -0.4 is 20.1 Å². The molecule has 0 saturated carbocycles. The van der Waals surface area contributed by atoms with Crippen LogP contribution in [0, 0.1) is 0 Å². The average Bonchev–Trinajstić information content (AvgIpc) is 3.29. The zero-order valence-corrected chi connectivity index (χ0v) is 16.9. The fourth-order valence-corrected chi connectivity index (χ4v) is 2.76. The number of furan rings is 1. The maximum atomic E-state index is 5.92. The number of nitrogens with zero attached hydrogens (tertiary/aromatic N) is 1. The third-order valence-electron chi connectivity index (χ3n) is 4.24. The summed E-state index contributed by atoms with van der Waals surface area (Å²) in [6.45, 7) is 4.40. The number of benzene rings is 2. The molecular weight excluding hydrogens is 366 g/mol. The number of ether oxygens (including phenoxy) is 2. The molecule has 29 heavy (non-hydrogen) atoms. The number of hydrogen-bond acceptors (Lipinski definition) is 4. The van der Waals surface area contributed by atoms with Gasteiger partial charge in [-0.15, -0.1) is 0 Å². The van der Waals surface area contributed by atoms with Gasteiger partial charge in [0.1, 0.15) is 12.4 Å². The van der Waals surface area contributed by atoms with Crippen LogP contribution in [0.2, 0.25) is 0 Å². The molecule has 0 amide bonds. The van der Waals surface area contributed by atoms with Crippen molar-refractivity contribution in [1.29, 1.82) is 0 Å². The van der Waals surface area contributed by atoms with Crippen LogP contribution in [0.25, 0.3) is 0 Å². The van der Waals surface area contributed by atoms with Crippen molar-refractivity contribution in [1.82, 2.24) is 10.6 Å². The summed E-state index contributed by atoms with van der Waals surface area (Å²) in [5.74, 6) is 3.00. The van der Waals surface area contributed by atoms with E-state index in [1.807, 2.05) is 67.6 Å². The van der Waals surface area contributed by atoms with E-state index in [-0.39, 0.29) is 0 Å². The van der Waals surface area contributed by atoms with Gasteiger partial charge < -0.3 is 24.5 Å². The predicted molar refractivity (Wildman–Crippen MR) is 114 cm³/mol. The van der Waals surface area contributed by atoms with Crippen molar-refractivity contribution in [2.24, 2.45) is 4.99 Å². The molecule has 0 aliphatic carbocycles. The molecule has 0 bridgehead atoms. The molecule has 0 aliphatic heterocycles. The van der Waals surface area contributed by atoms with Crippen LogP contribution in [0.3, 0.4) is 0 Å². The Bertz CT molecular complexity index is 893. The van der Waals surface area contributed by atoms with E-state index in [0.29, 0.717) is 31.2 Å². The van der Waals surface area contributed by atoms with Crippen LogP contribution in [0.4, 0.5) is 0 Å². The number of hydrogen-bond donors (Lipinski definition) is 2. The SMILES string of the molecule is CCNC(=NCc1ccc(OCc2ccccc2)c(OC)c1)NCc1ccco1. The molecule has 0 saturated heterocycles. The minimum atomic E-state index is 0.496. The lowest BCUT2D eigenvalue weighted by molar-refractivity contribution is 0.284. The molecule has 0 spiro atoms. The maximum Gasteiger partial charge on any atom is 0.191 e. The summed E-state index contributed by atoms with van der Waals surface area (Å²) in [6, 6.07) is 19.7. The highest BCUT2D eigenvalue weighted by Crippen LogP contribution is 2.29. The minimum Gasteiger partial charge on any atom is -0.493 e. The molecule has 0 fully saturated rings. The summed E-state index contributed by atoms with van der Waals surface area (Å²) in [5.41, 5.74) is 2.14. The Morgan fingerprint density at radius 2 is 1.83 bits per heavy atom. The Hall–Kier alpha value is -3.41. The van der Waals surface area contributed by atoms with Gasteiger partial charge in [0.05, 0.1) is 26.5 Å². The van der Waals surface area contributed by atoms with Crippen LogP contribution >= 0.6 is 0 Å². The highest BCUT2D eigenvalue weighted by molar-refractivity contribution is 5.79. The quantitative estimate of drug-likeness (QED) is 0.423. The highest BCUT2D eigenvalue weighted by atomic mass is 16.5. The zero-order valence-electron chi connectivity index (χ0n) is 16.9. The van der Waals surface area contributed by atoms with E-state index in [1.165, 1.54) is 0 Å². The summed E-state index contributed by atoms with van der Waals surface area (Å²) >= 11 is 0. The van der Waals surface area contributed by atoms with Gasteiger partial charge in [0.15, 0.2) is 17.5 Å². The zero-order chi connectivity index (χ0) is 20.3. The van der Waals surface area contributed by atoms with E-state index in [2.05, 4.69) is 15.6 Å². The number of rotatable bonds is 9. The molecule has 0 atom stereocenters. The molecule has 2 aromatic carbocycles. The van der Waals surface area contributed by atoms with Gasteiger partial charge in [-0.3, -0.25) is 0 Å². The van der Waals surface area contributed by atoms with E-state index in [4.69, 9.17) is 13.9 Å². The first-order valence-electron chi connectivity index (χ1n) is 9.66. The van der Waals surface area contributed by atoms with Gasteiger partial charge in [-0.2, -0.15) is 0 Å². The molecule has 0 unspecified atom stereocenters. The van der Waals surface area contributed by atoms with Crippen molar-refractivity contribution in [2.45, 2.75) is 26.6 Å². The molecule has 1 aromatic heterocycles. The number of aliphatic imine (C=N–C) groups is 1.